The van der Waals surface area contributed by atoms with Crippen molar-refractivity contribution < 1.29 is 9.21 Å². The van der Waals surface area contributed by atoms with Crippen molar-refractivity contribution in [2.75, 3.05) is 5.32 Å². The van der Waals surface area contributed by atoms with Crippen LogP contribution in [0.5, 0.6) is 0 Å². The average Bonchev–Trinajstić information content (AvgIpc) is 3.14. The predicted octanol–water partition coefficient (Wildman–Crippen LogP) is 3.11. The number of rotatable bonds is 3. The first-order valence-corrected chi connectivity index (χ1v) is 7.13. The summed E-state index contributed by atoms with van der Waals surface area (Å²) in [7, 11) is 0. The van der Waals surface area contributed by atoms with Gasteiger partial charge in [0.2, 0.25) is 5.89 Å². The fraction of sp³-hybridized carbons (Fsp3) is 0.308. The number of halogens is 1. The van der Waals surface area contributed by atoms with Crippen molar-refractivity contribution in [3.63, 3.8) is 0 Å². The van der Waals surface area contributed by atoms with Gasteiger partial charge in [0.05, 0.1) is 5.56 Å². The summed E-state index contributed by atoms with van der Waals surface area (Å²) in [5, 5.41) is 10.4. The molecule has 0 spiro atoms. The molecule has 5 nitrogen and oxygen atoms in total. The van der Waals surface area contributed by atoms with Crippen LogP contribution in [0.3, 0.4) is 0 Å². The maximum atomic E-state index is 12.1. The quantitative estimate of drug-likeness (QED) is 0.845. The zero-order valence-corrected chi connectivity index (χ0v) is 12.5. The number of hydrogen-bond acceptors (Lipinski definition) is 4. The predicted molar refractivity (Wildman–Crippen MR) is 78.1 cm³/mol. The topological polar surface area (TPSA) is 68.0 Å². The number of aryl methyl sites for hydroxylation is 1. The van der Waals surface area contributed by atoms with E-state index in [0.717, 1.165) is 22.0 Å². The van der Waals surface area contributed by atoms with Gasteiger partial charge >= 0.3 is 6.01 Å². The maximum Gasteiger partial charge on any atom is 0.322 e. The summed E-state index contributed by atoms with van der Waals surface area (Å²) in [6.07, 6.45) is 2.18. The Bertz CT molecular complexity index is 635. The van der Waals surface area contributed by atoms with E-state index in [0.29, 0.717) is 17.4 Å². The summed E-state index contributed by atoms with van der Waals surface area (Å²) in [4.78, 5) is 12.1. The van der Waals surface area contributed by atoms with Crippen LogP contribution in [-0.4, -0.2) is 16.1 Å². The highest BCUT2D eigenvalue weighted by molar-refractivity contribution is 14.1. The lowest BCUT2D eigenvalue weighted by atomic mass is 10.1. The lowest BCUT2D eigenvalue weighted by molar-refractivity contribution is 0.102. The van der Waals surface area contributed by atoms with Gasteiger partial charge in [0.15, 0.2) is 0 Å². The molecule has 2 aromatic rings. The van der Waals surface area contributed by atoms with Crippen LogP contribution in [0.4, 0.5) is 6.01 Å². The van der Waals surface area contributed by atoms with Crippen LogP contribution >= 0.6 is 22.6 Å². The highest BCUT2D eigenvalue weighted by atomic mass is 127. The van der Waals surface area contributed by atoms with Crippen molar-refractivity contribution in [3.05, 3.63) is 38.8 Å². The third-order valence-electron chi connectivity index (χ3n) is 3.02. The van der Waals surface area contributed by atoms with Crippen LogP contribution in [0, 0.1) is 10.5 Å². The largest absolute Gasteiger partial charge is 0.408 e. The number of nitrogens with one attached hydrogen (secondary N) is 1. The molecule has 0 unspecified atom stereocenters. The number of aromatic nitrogens is 2. The van der Waals surface area contributed by atoms with Crippen molar-refractivity contribution in [2.24, 2.45) is 0 Å². The van der Waals surface area contributed by atoms with Gasteiger partial charge in [-0.1, -0.05) is 17.2 Å². The molecule has 19 heavy (non-hydrogen) atoms. The number of carbonyl (C=O) groups excluding carboxylic acids is 1. The van der Waals surface area contributed by atoms with E-state index in [1.165, 1.54) is 0 Å². The highest BCUT2D eigenvalue weighted by Gasteiger charge is 2.29. The molecular weight excluding hydrogens is 357 g/mol. The molecule has 1 aliphatic carbocycles. The van der Waals surface area contributed by atoms with Crippen molar-refractivity contribution in [1.29, 1.82) is 0 Å². The van der Waals surface area contributed by atoms with Crippen LogP contribution in [0.2, 0.25) is 0 Å². The molecule has 1 fully saturated rings. The molecule has 0 atom stereocenters. The minimum absolute atomic E-state index is 0.171. The van der Waals surface area contributed by atoms with Crippen molar-refractivity contribution in [1.82, 2.24) is 10.2 Å². The van der Waals surface area contributed by atoms with Crippen LogP contribution in [0.25, 0.3) is 0 Å². The summed E-state index contributed by atoms with van der Waals surface area (Å²) >= 11 is 2.16. The Hall–Kier alpha value is -1.44. The molecule has 3 rings (SSSR count). The Morgan fingerprint density at radius 1 is 1.42 bits per heavy atom. The number of benzene rings is 1. The summed E-state index contributed by atoms with van der Waals surface area (Å²) in [5.41, 5.74) is 1.68. The summed E-state index contributed by atoms with van der Waals surface area (Å²) < 4.78 is 6.34. The first-order valence-electron chi connectivity index (χ1n) is 6.05. The van der Waals surface area contributed by atoms with Gasteiger partial charge in [0.25, 0.3) is 5.91 Å². The number of hydrogen-bond donors (Lipinski definition) is 1. The summed E-state index contributed by atoms with van der Waals surface area (Å²) in [6.45, 7) is 1.97. The van der Waals surface area contributed by atoms with Gasteiger partial charge in [-0.2, -0.15) is 0 Å². The smallest absolute Gasteiger partial charge is 0.322 e. The highest BCUT2D eigenvalue weighted by Crippen LogP contribution is 2.39. The van der Waals surface area contributed by atoms with E-state index in [4.69, 9.17) is 4.42 Å². The van der Waals surface area contributed by atoms with Crippen molar-refractivity contribution >= 4 is 34.5 Å². The van der Waals surface area contributed by atoms with E-state index in [1.807, 2.05) is 19.1 Å². The molecule has 98 valence electrons. The molecule has 0 saturated heterocycles. The van der Waals surface area contributed by atoms with Crippen LogP contribution in [0.1, 0.15) is 40.6 Å². The van der Waals surface area contributed by atoms with Crippen LogP contribution < -0.4 is 5.32 Å². The van der Waals surface area contributed by atoms with E-state index >= 15 is 0 Å². The second-order valence-electron chi connectivity index (χ2n) is 4.61. The minimum Gasteiger partial charge on any atom is -0.408 e. The summed E-state index contributed by atoms with van der Waals surface area (Å²) in [6, 6.07) is 5.78. The Kier molecular flexibility index (Phi) is 3.26. The molecule has 1 saturated carbocycles. The lowest BCUT2D eigenvalue weighted by Gasteiger charge is -2.05. The van der Waals surface area contributed by atoms with Gasteiger partial charge in [0, 0.05) is 9.49 Å². The first-order chi connectivity index (χ1) is 9.15. The van der Waals surface area contributed by atoms with Crippen molar-refractivity contribution in [3.8, 4) is 0 Å². The van der Waals surface area contributed by atoms with Crippen LogP contribution in [-0.2, 0) is 0 Å². The normalized spacial score (nSPS) is 14.4. The van der Waals surface area contributed by atoms with Crippen molar-refractivity contribution in [2.45, 2.75) is 25.7 Å². The molecule has 0 aliphatic heterocycles. The number of carbonyl (C=O) groups is 1. The lowest BCUT2D eigenvalue weighted by Crippen LogP contribution is -2.14. The Balaban J connectivity index is 1.78. The Morgan fingerprint density at radius 2 is 2.21 bits per heavy atom. The van der Waals surface area contributed by atoms with E-state index in [1.54, 1.807) is 6.07 Å². The molecule has 1 N–H and O–H groups in total. The van der Waals surface area contributed by atoms with Gasteiger partial charge in [-0.25, -0.2) is 0 Å². The molecule has 0 bridgehead atoms. The van der Waals surface area contributed by atoms with Gasteiger partial charge < -0.3 is 4.42 Å². The van der Waals surface area contributed by atoms with E-state index < -0.39 is 0 Å². The molecule has 1 aromatic heterocycles. The average molecular weight is 369 g/mol. The maximum absolute atomic E-state index is 12.1. The zero-order chi connectivity index (χ0) is 13.4. The molecule has 1 heterocycles. The van der Waals surface area contributed by atoms with Gasteiger partial charge in [0.1, 0.15) is 0 Å². The zero-order valence-electron chi connectivity index (χ0n) is 10.3. The Labute approximate surface area is 123 Å². The number of nitrogens with zero attached hydrogens (tertiary/aromatic N) is 2. The van der Waals surface area contributed by atoms with E-state index in [9.17, 15) is 4.79 Å². The van der Waals surface area contributed by atoms with E-state index in [-0.39, 0.29) is 11.9 Å². The van der Waals surface area contributed by atoms with Gasteiger partial charge in [-0.15, -0.1) is 5.10 Å². The molecule has 6 heteroatoms. The standard InChI is InChI=1S/C13H12IN3O2/c1-7-3-2-4-9(10(7)14)11(18)15-13-17-16-12(19-13)8-5-6-8/h2-4,8H,5-6H2,1H3,(H,15,17,18). The monoisotopic (exact) mass is 369 g/mol. The molecular formula is C13H12IN3O2. The van der Waals surface area contributed by atoms with Crippen LogP contribution in [0.15, 0.2) is 22.6 Å². The van der Waals surface area contributed by atoms with Gasteiger partial charge in [-0.3, -0.25) is 10.1 Å². The third kappa shape index (κ3) is 2.63. The number of anilines is 1. The molecule has 1 aliphatic rings. The van der Waals surface area contributed by atoms with E-state index in [2.05, 4.69) is 38.1 Å². The van der Waals surface area contributed by atoms with Gasteiger partial charge in [-0.05, 0) is 54.0 Å². The first kappa shape index (κ1) is 12.6. The third-order valence-corrected chi connectivity index (χ3v) is 4.46. The fourth-order valence-corrected chi connectivity index (χ4v) is 2.37. The SMILES string of the molecule is Cc1cccc(C(=O)Nc2nnc(C3CC3)o2)c1I. The summed E-state index contributed by atoms with van der Waals surface area (Å²) in [5.74, 6) is 0.783. The minimum atomic E-state index is -0.223. The second-order valence-corrected chi connectivity index (χ2v) is 5.69. The molecule has 1 aromatic carbocycles. The Morgan fingerprint density at radius 3 is 2.95 bits per heavy atom. The number of amides is 1. The fourth-order valence-electron chi connectivity index (χ4n) is 1.77. The molecule has 1 amide bonds. The second kappa shape index (κ2) is 4.92. The molecule has 0 radical (unpaired) electrons.